The molecule has 1 aliphatic heterocycles. The van der Waals surface area contributed by atoms with Crippen molar-refractivity contribution in [1.29, 1.82) is 0 Å². The summed E-state index contributed by atoms with van der Waals surface area (Å²) in [5.41, 5.74) is 1.42. The highest BCUT2D eigenvalue weighted by molar-refractivity contribution is 6.31. The lowest BCUT2D eigenvalue weighted by atomic mass is 10.0. The van der Waals surface area contributed by atoms with Crippen molar-refractivity contribution in [2.75, 3.05) is 19.8 Å². The Morgan fingerprint density at radius 2 is 2.33 bits per heavy atom. The van der Waals surface area contributed by atoms with Crippen molar-refractivity contribution in [2.45, 2.75) is 13.0 Å². The molecule has 0 spiro atoms. The van der Waals surface area contributed by atoms with Crippen LogP contribution in [0.5, 0.6) is 0 Å². The topological polar surface area (TPSA) is 21.3 Å². The van der Waals surface area contributed by atoms with E-state index in [1.54, 1.807) is 6.07 Å². The van der Waals surface area contributed by atoms with Crippen molar-refractivity contribution in [3.05, 3.63) is 34.1 Å². The average molecular weight is 230 g/mol. The van der Waals surface area contributed by atoms with Gasteiger partial charge >= 0.3 is 0 Å². The van der Waals surface area contributed by atoms with Gasteiger partial charge in [-0.25, -0.2) is 4.39 Å². The van der Waals surface area contributed by atoms with E-state index in [2.05, 4.69) is 5.32 Å². The first kappa shape index (κ1) is 10.9. The van der Waals surface area contributed by atoms with Crippen LogP contribution in [0.4, 0.5) is 4.39 Å². The minimum Gasteiger partial charge on any atom is -0.378 e. The van der Waals surface area contributed by atoms with Crippen LogP contribution in [0.2, 0.25) is 5.02 Å². The molecule has 0 aliphatic carbocycles. The van der Waals surface area contributed by atoms with Crippen LogP contribution in [0.25, 0.3) is 0 Å². The molecule has 4 heteroatoms. The second kappa shape index (κ2) is 4.47. The van der Waals surface area contributed by atoms with Gasteiger partial charge in [0.1, 0.15) is 5.82 Å². The van der Waals surface area contributed by atoms with Gasteiger partial charge in [0.25, 0.3) is 0 Å². The first-order valence-corrected chi connectivity index (χ1v) is 5.33. The monoisotopic (exact) mass is 229 g/mol. The van der Waals surface area contributed by atoms with E-state index >= 15 is 0 Å². The summed E-state index contributed by atoms with van der Waals surface area (Å²) in [5, 5.41) is 3.82. The lowest BCUT2D eigenvalue weighted by Gasteiger charge is -2.26. The number of hydrogen-bond acceptors (Lipinski definition) is 2. The van der Waals surface area contributed by atoms with Crippen LogP contribution in [0.3, 0.4) is 0 Å². The largest absolute Gasteiger partial charge is 0.378 e. The third-order valence-electron chi connectivity index (χ3n) is 2.67. The molecule has 82 valence electrons. The van der Waals surface area contributed by atoms with E-state index in [4.69, 9.17) is 16.3 Å². The summed E-state index contributed by atoms with van der Waals surface area (Å²) < 4.78 is 19.0. The number of benzene rings is 1. The Morgan fingerprint density at radius 3 is 3.00 bits per heavy atom. The molecule has 1 aromatic rings. The van der Waals surface area contributed by atoms with E-state index < -0.39 is 0 Å². The summed E-state index contributed by atoms with van der Waals surface area (Å²) >= 11 is 5.97. The molecule has 1 aliphatic rings. The molecular formula is C11H13ClFNO. The lowest BCUT2D eigenvalue weighted by Crippen LogP contribution is -2.35. The Balaban J connectivity index is 2.36. The highest BCUT2D eigenvalue weighted by atomic mass is 35.5. The SMILES string of the molecule is Cc1c(Cl)ccc(F)c1C1COCCN1. The van der Waals surface area contributed by atoms with Crippen molar-refractivity contribution in [2.24, 2.45) is 0 Å². The summed E-state index contributed by atoms with van der Waals surface area (Å²) in [4.78, 5) is 0. The highest BCUT2D eigenvalue weighted by Gasteiger charge is 2.21. The van der Waals surface area contributed by atoms with Gasteiger partial charge in [-0.15, -0.1) is 0 Å². The summed E-state index contributed by atoms with van der Waals surface area (Å²) in [6.07, 6.45) is 0. The van der Waals surface area contributed by atoms with Crippen LogP contribution < -0.4 is 5.32 Å². The highest BCUT2D eigenvalue weighted by Crippen LogP contribution is 2.28. The number of halogens is 2. The van der Waals surface area contributed by atoms with Gasteiger partial charge in [0.15, 0.2) is 0 Å². The lowest BCUT2D eigenvalue weighted by molar-refractivity contribution is 0.0755. The van der Waals surface area contributed by atoms with Gasteiger partial charge in [-0.3, -0.25) is 0 Å². The molecule has 0 amide bonds. The van der Waals surface area contributed by atoms with Crippen molar-refractivity contribution >= 4 is 11.6 Å². The van der Waals surface area contributed by atoms with Crippen LogP contribution in [-0.2, 0) is 4.74 Å². The van der Waals surface area contributed by atoms with Gasteiger partial charge in [-0.2, -0.15) is 0 Å². The molecule has 1 saturated heterocycles. The van der Waals surface area contributed by atoms with Gasteiger partial charge in [0.2, 0.25) is 0 Å². The molecule has 2 rings (SSSR count). The molecule has 15 heavy (non-hydrogen) atoms. The third kappa shape index (κ3) is 2.14. The molecule has 1 unspecified atom stereocenters. The Labute approximate surface area is 93.4 Å². The van der Waals surface area contributed by atoms with Crippen molar-refractivity contribution in [3.8, 4) is 0 Å². The van der Waals surface area contributed by atoms with E-state index in [1.807, 2.05) is 6.92 Å². The molecule has 0 radical (unpaired) electrons. The Hall–Kier alpha value is -0.640. The zero-order valence-corrected chi connectivity index (χ0v) is 9.27. The molecule has 1 N–H and O–H groups in total. The minimum atomic E-state index is -0.222. The van der Waals surface area contributed by atoms with Crippen molar-refractivity contribution in [1.82, 2.24) is 5.32 Å². The fraction of sp³-hybridized carbons (Fsp3) is 0.455. The number of rotatable bonds is 1. The first-order valence-electron chi connectivity index (χ1n) is 4.96. The predicted octanol–water partition coefficient (Wildman–Crippen LogP) is 2.45. The van der Waals surface area contributed by atoms with Gasteiger partial charge in [-0.1, -0.05) is 11.6 Å². The van der Waals surface area contributed by atoms with Crippen LogP contribution in [0, 0.1) is 12.7 Å². The Kier molecular flexibility index (Phi) is 3.24. The van der Waals surface area contributed by atoms with Crippen LogP contribution in [0.1, 0.15) is 17.2 Å². The predicted molar refractivity (Wildman–Crippen MR) is 57.7 cm³/mol. The second-order valence-corrected chi connectivity index (χ2v) is 4.06. The summed E-state index contributed by atoms with van der Waals surface area (Å²) in [5.74, 6) is -0.222. The van der Waals surface area contributed by atoms with Gasteiger partial charge < -0.3 is 10.1 Å². The van der Waals surface area contributed by atoms with E-state index in [0.29, 0.717) is 23.8 Å². The van der Waals surface area contributed by atoms with E-state index in [9.17, 15) is 4.39 Å². The van der Waals surface area contributed by atoms with Gasteiger partial charge in [-0.05, 0) is 24.6 Å². The van der Waals surface area contributed by atoms with E-state index in [1.165, 1.54) is 6.07 Å². The van der Waals surface area contributed by atoms with Crippen LogP contribution >= 0.6 is 11.6 Å². The number of nitrogens with one attached hydrogen (secondary N) is 1. The molecule has 1 fully saturated rings. The smallest absolute Gasteiger partial charge is 0.128 e. The standard InChI is InChI=1S/C11H13ClFNO/c1-7-8(12)2-3-9(13)11(7)10-6-15-5-4-14-10/h2-3,10,14H,4-6H2,1H3. The summed E-state index contributed by atoms with van der Waals surface area (Å²) in [7, 11) is 0. The maximum Gasteiger partial charge on any atom is 0.128 e. The fourth-order valence-corrected chi connectivity index (χ4v) is 2.01. The quantitative estimate of drug-likeness (QED) is 0.799. The molecule has 0 saturated carbocycles. The minimum absolute atomic E-state index is 0.0857. The van der Waals surface area contributed by atoms with E-state index in [-0.39, 0.29) is 11.9 Å². The number of ether oxygens (including phenoxy) is 1. The third-order valence-corrected chi connectivity index (χ3v) is 3.08. The second-order valence-electron chi connectivity index (χ2n) is 3.65. The summed E-state index contributed by atoms with van der Waals surface area (Å²) in [6, 6.07) is 2.90. The maximum absolute atomic E-state index is 13.7. The molecule has 2 nitrogen and oxygen atoms in total. The molecular weight excluding hydrogens is 217 g/mol. The van der Waals surface area contributed by atoms with Crippen molar-refractivity contribution in [3.63, 3.8) is 0 Å². The Bertz CT molecular complexity index is 364. The number of hydrogen-bond donors (Lipinski definition) is 1. The molecule has 0 aromatic heterocycles. The molecule has 1 heterocycles. The number of morpholine rings is 1. The van der Waals surface area contributed by atoms with Crippen molar-refractivity contribution < 1.29 is 9.13 Å². The van der Waals surface area contributed by atoms with Crippen LogP contribution in [-0.4, -0.2) is 19.8 Å². The zero-order valence-electron chi connectivity index (χ0n) is 8.52. The van der Waals surface area contributed by atoms with Gasteiger partial charge in [0.05, 0.1) is 19.3 Å². The van der Waals surface area contributed by atoms with Crippen LogP contribution in [0.15, 0.2) is 12.1 Å². The van der Waals surface area contributed by atoms with E-state index in [0.717, 1.165) is 12.1 Å². The summed E-state index contributed by atoms with van der Waals surface area (Å²) in [6.45, 7) is 3.75. The maximum atomic E-state index is 13.7. The fourth-order valence-electron chi connectivity index (χ4n) is 1.85. The molecule has 1 atom stereocenters. The van der Waals surface area contributed by atoms with Gasteiger partial charge in [0, 0.05) is 17.1 Å². The normalized spacial score (nSPS) is 21.7. The zero-order chi connectivity index (χ0) is 10.8. The molecule has 1 aromatic carbocycles. The Morgan fingerprint density at radius 1 is 1.53 bits per heavy atom. The average Bonchev–Trinajstić information content (AvgIpc) is 2.26. The first-order chi connectivity index (χ1) is 7.20. The molecule has 0 bridgehead atoms.